The third-order valence-corrected chi connectivity index (χ3v) is 5.24. The number of aromatic carboxylic acids is 1. The summed E-state index contributed by atoms with van der Waals surface area (Å²) in [5.41, 5.74) is 0.651. The average Bonchev–Trinajstić information content (AvgIpc) is 2.87. The lowest BCUT2D eigenvalue weighted by Gasteiger charge is -2.10. The molecule has 4 aromatic rings. The maximum Gasteiger partial charge on any atom is 0.337 e. The fraction of sp³-hybridized carbons (Fsp3) is 0.143. The Bertz CT molecular complexity index is 1330. The Balaban J connectivity index is 1.40. The largest absolute Gasteiger partial charge is 0.491 e. The van der Waals surface area contributed by atoms with E-state index >= 15 is 0 Å². The summed E-state index contributed by atoms with van der Waals surface area (Å²) in [5.74, 6) is 0.504. The number of anilines is 1. The van der Waals surface area contributed by atoms with Gasteiger partial charge in [0, 0.05) is 12.2 Å². The third-order valence-electron chi connectivity index (χ3n) is 5.24. The summed E-state index contributed by atoms with van der Waals surface area (Å²) in [7, 11) is 0. The van der Waals surface area contributed by atoms with Crippen LogP contribution in [0.2, 0.25) is 0 Å². The van der Waals surface area contributed by atoms with Gasteiger partial charge in [0.1, 0.15) is 23.9 Å². The van der Waals surface area contributed by atoms with Gasteiger partial charge in [0.25, 0.3) is 5.91 Å². The number of hydrogen-bond acceptors (Lipinski definition) is 5. The van der Waals surface area contributed by atoms with Gasteiger partial charge in [0.05, 0.1) is 17.9 Å². The minimum atomic E-state index is -1.11. The molecule has 4 rings (SSSR count). The first-order chi connectivity index (χ1) is 17.0. The molecule has 4 aromatic carbocycles. The monoisotopic (exact) mass is 471 g/mol. The zero-order chi connectivity index (χ0) is 24.6. The van der Waals surface area contributed by atoms with Crippen LogP contribution >= 0.6 is 0 Å². The van der Waals surface area contributed by atoms with Crippen LogP contribution in [0.15, 0.2) is 84.9 Å². The fourth-order valence-electron chi connectivity index (χ4n) is 3.50. The van der Waals surface area contributed by atoms with E-state index in [0.29, 0.717) is 36.9 Å². The molecule has 0 radical (unpaired) electrons. The molecule has 0 saturated heterocycles. The van der Waals surface area contributed by atoms with Crippen LogP contribution in [0.25, 0.3) is 10.8 Å². The molecule has 1 amide bonds. The number of amides is 1. The Morgan fingerprint density at radius 1 is 0.800 bits per heavy atom. The first-order valence-corrected chi connectivity index (χ1v) is 11.2. The van der Waals surface area contributed by atoms with Gasteiger partial charge in [0.15, 0.2) is 0 Å². The molecule has 0 aromatic heterocycles. The van der Waals surface area contributed by atoms with Gasteiger partial charge in [0.2, 0.25) is 0 Å². The number of carboxylic acid groups (broad SMARTS) is 1. The van der Waals surface area contributed by atoms with Crippen LogP contribution in [0.3, 0.4) is 0 Å². The van der Waals surface area contributed by atoms with Crippen LogP contribution in [0.1, 0.15) is 27.6 Å². The second-order valence-corrected chi connectivity index (χ2v) is 7.65. The maximum atomic E-state index is 12.6. The van der Waals surface area contributed by atoms with Crippen molar-refractivity contribution in [1.29, 1.82) is 0 Å². The van der Waals surface area contributed by atoms with Crippen molar-refractivity contribution in [3.63, 3.8) is 0 Å². The standard InChI is InChI=1S/C28H25NO6/c1-2-33-15-16-34-23-13-9-21-18-24(14-10-20(21)17-23)35-22-11-7-19(8-12-22)27(30)29-26-6-4-3-5-25(26)28(31)32/h3-14,17-18H,2,15-16H2,1H3,(H,29,30)(H,31,32). The smallest absolute Gasteiger partial charge is 0.337 e. The number of nitrogens with one attached hydrogen (secondary N) is 1. The summed E-state index contributed by atoms with van der Waals surface area (Å²) < 4.78 is 17.0. The van der Waals surface area contributed by atoms with Gasteiger partial charge in [-0.25, -0.2) is 4.79 Å². The van der Waals surface area contributed by atoms with Crippen molar-refractivity contribution in [2.24, 2.45) is 0 Å². The van der Waals surface area contributed by atoms with Gasteiger partial charge in [-0.2, -0.15) is 0 Å². The number of para-hydroxylation sites is 1. The highest BCUT2D eigenvalue weighted by molar-refractivity contribution is 6.07. The van der Waals surface area contributed by atoms with Crippen molar-refractivity contribution in [3.8, 4) is 17.2 Å². The molecule has 178 valence electrons. The highest BCUT2D eigenvalue weighted by atomic mass is 16.5. The molecule has 7 heteroatoms. The van der Waals surface area contributed by atoms with E-state index in [-0.39, 0.29) is 11.3 Å². The van der Waals surface area contributed by atoms with E-state index in [1.54, 1.807) is 42.5 Å². The number of rotatable bonds is 10. The van der Waals surface area contributed by atoms with Gasteiger partial charge in [-0.1, -0.05) is 24.3 Å². The van der Waals surface area contributed by atoms with Gasteiger partial charge in [-0.15, -0.1) is 0 Å². The van der Waals surface area contributed by atoms with E-state index in [2.05, 4.69) is 5.32 Å². The van der Waals surface area contributed by atoms with Crippen molar-refractivity contribution in [3.05, 3.63) is 96.1 Å². The molecular weight excluding hydrogens is 446 g/mol. The summed E-state index contributed by atoms with van der Waals surface area (Å²) in [6, 6.07) is 24.5. The lowest BCUT2D eigenvalue weighted by atomic mass is 10.1. The average molecular weight is 472 g/mol. The molecule has 0 unspecified atom stereocenters. The molecule has 35 heavy (non-hydrogen) atoms. The Morgan fingerprint density at radius 3 is 2.17 bits per heavy atom. The van der Waals surface area contributed by atoms with Crippen molar-refractivity contribution in [2.75, 3.05) is 25.1 Å². The first-order valence-electron chi connectivity index (χ1n) is 11.2. The number of carboxylic acids is 1. The molecule has 0 fully saturated rings. The van der Waals surface area contributed by atoms with E-state index < -0.39 is 11.9 Å². The molecule has 0 atom stereocenters. The molecule has 0 spiro atoms. The van der Waals surface area contributed by atoms with E-state index in [4.69, 9.17) is 14.2 Å². The molecular formula is C28H25NO6. The minimum Gasteiger partial charge on any atom is -0.491 e. The molecule has 2 N–H and O–H groups in total. The number of benzene rings is 4. The minimum absolute atomic E-state index is 0.0290. The fourth-order valence-corrected chi connectivity index (χ4v) is 3.50. The van der Waals surface area contributed by atoms with Gasteiger partial charge in [-0.3, -0.25) is 4.79 Å². The zero-order valence-electron chi connectivity index (χ0n) is 19.2. The number of carbonyl (C=O) groups is 2. The van der Waals surface area contributed by atoms with Crippen LogP contribution in [-0.2, 0) is 4.74 Å². The van der Waals surface area contributed by atoms with E-state index in [1.165, 1.54) is 6.07 Å². The Morgan fingerprint density at radius 2 is 1.46 bits per heavy atom. The Hall–Kier alpha value is -4.36. The van der Waals surface area contributed by atoms with Crippen molar-refractivity contribution >= 4 is 28.3 Å². The number of hydrogen-bond donors (Lipinski definition) is 2. The predicted molar refractivity (Wildman–Crippen MR) is 134 cm³/mol. The number of ether oxygens (including phenoxy) is 3. The molecule has 0 aliphatic rings. The van der Waals surface area contributed by atoms with Gasteiger partial charge < -0.3 is 24.6 Å². The summed E-state index contributed by atoms with van der Waals surface area (Å²) in [6.45, 7) is 3.67. The summed E-state index contributed by atoms with van der Waals surface area (Å²) in [4.78, 5) is 23.9. The zero-order valence-corrected chi connectivity index (χ0v) is 19.2. The van der Waals surface area contributed by atoms with Crippen molar-refractivity contribution < 1.29 is 28.9 Å². The Kier molecular flexibility index (Phi) is 7.60. The second kappa shape index (κ2) is 11.2. The normalized spacial score (nSPS) is 10.7. The number of carbonyl (C=O) groups excluding carboxylic acids is 1. The van der Waals surface area contributed by atoms with E-state index in [9.17, 15) is 14.7 Å². The molecule has 0 bridgehead atoms. The van der Waals surface area contributed by atoms with Crippen LogP contribution in [-0.4, -0.2) is 36.8 Å². The van der Waals surface area contributed by atoms with E-state index in [1.807, 2.05) is 43.3 Å². The molecule has 0 saturated carbocycles. The van der Waals surface area contributed by atoms with Crippen LogP contribution < -0.4 is 14.8 Å². The van der Waals surface area contributed by atoms with Crippen LogP contribution in [0.5, 0.6) is 17.2 Å². The molecule has 0 aliphatic carbocycles. The highest BCUT2D eigenvalue weighted by Crippen LogP contribution is 2.28. The third kappa shape index (κ3) is 6.16. The quantitative estimate of drug-likeness (QED) is 0.276. The van der Waals surface area contributed by atoms with Gasteiger partial charge >= 0.3 is 5.97 Å². The van der Waals surface area contributed by atoms with Crippen molar-refractivity contribution in [1.82, 2.24) is 0 Å². The summed E-state index contributed by atoms with van der Waals surface area (Å²) in [6.07, 6.45) is 0. The molecule has 7 nitrogen and oxygen atoms in total. The maximum absolute atomic E-state index is 12.6. The van der Waals surface area contributed by atoms with Gasteiger partial charge in [-0.05, 0) is 78.4 Å². The van der Waals surface area contributed by atoms with E-state index in [0.717, 1.165) is 16.5 Å². The topological polar surface area (TPSA) is 94.1 Å². The SMILES string of the molecule is CCOCCOc1ccc2cc(Oc3ccc(C(=O)Nc4ccccc4C(=O)O)cc3)ccc2c1. The second-order valence-electron chi connectivity index (χ2n) is 7.65. The highest BCUT2D eigenvalue weighted by Gasteiger charge is 2.13. The van der Waals surface area contributed by atoms with Crippen LogP contribution in [0, 0.1) is 0 Å². The summed E-state index contributed by atoms with van der Waals surface area (Å²) in [5, 5.41) is 14.0. The first kappa shape index (κ1) is 23.8. The van der Waals surface area contributed by atoms with Crippen molar-refractivity contribution in [2.45, 2.75) is 6.92 Å². The Labute approximate surface area is 202 Å². The lowest BCUT2D eigenvalue weighted by molar-refractivity contribution is 0.0698. The molecule has 0 heterocycles. The molecule has 0 aliphatic heterocycles. The number of fused-ring (bicyclic) bond motifs is 1. The van der Waals surface area contributed by atoms with Crippen LogP contribution in [0.4, 0.5) is 5.69 Å². The lowest BCUT2D eigenvalue weighted by Crippen LogP contribution is -2.14. The predicted octanol–water partition coefficient (Wildman–Crippen LogP) is 6.00. The summed E-state index contributed by atoms with van der Waals surface area (Å²) >= 11 is 0.